The lowest BCUT2D eigenvalue weighted by molar-refractivity contribution is 0.804. The highest BCUT2D eigenvalue weighted by molar-refractivity contribution is 4.89. The van der Waals surface area contributed by atoms with E-state index in [-0.39, 0.29) is 0 Å². The lowest BCUT2D eigenvalue weighted by Crippen LogP contribution is -1.83. The van der Waals surface area contributed by atoms with Crippen LogP contribution in [0.2, 0.25) is 0 Å². The fourth-order valence-electron chi connectivity index (χ4n) is 0.654. The van der Waals surface area contributed by atoms with Crippen LogP contribution in [0.25, 0.3) is 0 Å². The van der Waals surface area contributed by atoms with E-state index in [0.717, 1.165) is 25.0 Å². The van der Waals surface area contributed by atoms with Crippen molar-refractivity contribution in [1.82, 2.24) is 15.4 Å². The van der Waals surface area contributed by atoms with Gasteiger partial charge in [0.25, 0.3) is 0 Å². The molecule has 0 saturated carbocycles. The van der Waals surface area contributed by atoms with E-state index in [1.54, 1.807) is 0 Å². The van der Waals surface area contributed by atoms with Crippen LogP contribution in [0.4, 0.5) is 0 Å². The van der Waals surface area contributed by atoms with Crippen LogP contribution >= 0.6 is 0 Å². The largest absolute Gasteiger partial charge is 0.265 e. The van der Waals surface area contributed by atoms with E-state index in [4.69, 9.17) is 0 Å². The molecule has 0 saturated heterocycles. The molecule has 9 heavy (non-hydrogen) atoms. The summed E-state index contributed by atoms with van der Waals surface area (Å²) in [6.07, 6.45) is 4.86. The number of H-pyrrole nitrogens is 1. The van der Waals surface area contributed by atoms with Crippen molar-refractivity contribution < 1.29 is 0 Å². The van der Waals surface area contributed by atoms with E-state index in [1.807, 2.05) is 6.20 Å². The summed E-state index contributed by atoms with van der Waals surface area (Å²) in [7, 11) is 0. The molecule has 3 heteroatoms. The maximum atomic E-state index is 3.82. The number of hydrogen-bond donors (Lipinski definition) is 1. The summed E-state index contributed by atoms with van der Waals surface area (Å²) in [5.41, 5.74) is 1.03. The van der Waals surface area contributed by atoms with Crippen molar-refractivity contribution in [2.24, 2.45) is 0 Å². The van der Waals surface area contributed by atoms with Gasteiger partial charge in [-0.15, -0.1) is 5.10 Å². The quantitative estimate of drug-likeness (QED) is 0.652. The highest BCUT2D eigenvalue weighted by atomic mass is 15.3. The van der Waals surface area contributed by atoms with Gasteiger partial charge in [0.2, 0.25) is 0 Å². The normalized spacial score (nSPS) is 9.89. The number of rotatable bonds is 3. The van der Waals surface area contributed by atoms with Crippen molar-refractivity contribution in [3.63, 3.8) is 0 Å². The molecule has 1 radical (unpaired) electrons. The molecule has 0 unspecified atom stereocenters. The van der Waals surface area contributed by atoms with Gasteiger partial charge in [-0.05, 0) is 12.8 Å². The minimum absolute atomic E-state index is 0.965. The topological polar surface area (TPSA) is 41.6 Å². The van der Waals surface area contributed by atoms with E-state index in [1.165, 1.54) is 0 Å². The fourth-order valence-corrected chi connectivity index (χ4v) is 0.654. The van der Waals surface area contributed by atoms with Gasteiger partial charge < -0.3 is 0 Å². The van der Waals surface area contributed by atoms with Gasteiger partial charge >= 0.3 is 0 Å². The number of nitrogens with zero attached hydrogens (tertiary/aromatic N) is 2. The first-order valence-electron chi connectivity index (χ1n) is 3.08. The molecule has 0 fully saturated rings. The highest BCUT2D eigenvalue weighted by Crippen LogP contribution is 1.96. The smallest absolute Gasteiger partial charge is 0.0824 e. The second-order valence-electron chi connectivity index (χ2n) is 1.92. The Morgan fingerprint density at radius 2 is 2.56 bits per heavy atom. The Hall–Kier alpha value is -0.860. The summed E-state index contributed by atoms with van der Waals surface area (Å²) < 4.78 is 0. The van der Waals surface area contributed by atoms with E-state index < -0.39 is 0 Å². The minimum Gasteiger partial charge on any atom is -0.265 e. The first-order valence-corrected chi connectivity index (χ1v) is 3.08. The highest BCUT2D eigenvalue weighted by Gasteiger charge is 1.91. The molecule has 0 aliphatic carbocycles. The first kappa shape index (κ1) is 6.26. The molecule has 3 nitrogen and oxygen atoms in total. The Bertz CT molecular complexity index is 145. The molecule has 0 bridgehead atoms. The van der Waals surface area contributed by atoms with Crippen molar-refractivity contribution in [3.05, 3.63) is 18.8 Å². The Kier molecular flexibility index (Phi) is 2.24. The maximum Gasteiger partial charge on any atom is 0.0824 e. The van der Waals surface area contributed by atoms with Crippen molar-refractivity contribution >= 4 is 0 Å². The van der Waals surface area contributed by atoms with E-state index in [9.17, 15) is 0 Å². The van der Waals surface area contributed by atoms with Crippen molar-refractivity contribution in [2.75, 3.05) is 0 Å². The lowest BCUT2D eigenvalue weighted by Gasteiger charge is -1.87. The van der Waals surface area contributed by atoms with Crippen LogP contribution in [-0.2, 0) is 6.42 Å². The van der Waals surface area contributed by atoms with Crippen LogP contribution in [0.1, 0.15) is 18.5 Å². The van der Waals surface area contributed by atoms with Crippen LogP contribution in [0.5, 0.6) is 0 Å². The molecule has 0 aliphatic rings. The Balaban J connectivity index is 2.30. The molecule has 0 spiro atoms. The predicted octanol–water partition coefficient (Wildman–Crippen LogP) is 0.961. The van der Waals surface area contributed by atoms with Gasteiger partial charge in [0.15, 0.2) is 0 Å². The molecule has 49 valence electrons. The summed E-state index contributed by atoms with van der Waals surface area (Å²) in [6, 6.07) is 0. The van der Waals surface area contributed by atoms with Gasteiger partial charge in [-0.3, -0.25) is 5.10 Å². The van der Waals surface area contributed by atoms with E-state index >= 15 is 0 Å². The first-order chi connectivity index (χ1) is 4.43. The number of aromatic amines is 1. The SMILES string of the molecule is [CH2]CCCc1c[nH]nn1. The maximum absolute atomic E-state index is 3.82. The molecular weight excluding hydrogens is 114 g/mol. The van der Waals surface area contributed by atoms with Gasteiger partial charge in [0, 0.05) is 6.20 Å². The zero-order valence-corrected chi connectivity index (χ0v) is 5.30. The van der Waals surface area contributed by atoms with Crippen LogP contribution in [0, 0.1) is 6.92 Å². The van der Waals surface area contributed by atoms with Crippen molar-refractivity contribution in [3.8, 4) is 0 Å². The predicted molar refractivity (Wildman–Crippen MR) is 34.7 cm³/mol. The zero-order valence-electron chi connectivity index (χ0n) is 5.30. The second-order valence-corrected chi connectivity index (χ2v) is 1.92. The van der Waals surface area contributed by atoms with Crippen molar-refractivity contribution in [1.29, 1.82) is 0 Å². The van der Waals surface area contributed by atoms with Crippen molar-refractivity contribution in [2.45, 2.75) is 19.3 Å². The van der Waals surface area contributed by atoms with Crippen LogP contribution in [0.15, 0.2) is 6.20 Å². The number of nitrogens with one attached hydrogen (secondary N) is 1. The fraction of sp³-hybridized carbons (Fsp3) is 0.500. The average molecular weight is 124 g/mol. The molecule has 1 N–H and O–H groups in total. The third kappa shape index (κ3) is 1.83. The number of hydrogen-bond acceptors (Lipinski definition) is 2. The second kappa shape index (κ2) is 3.22. The standard InChI is InChI=1S/C6H10N3/c1-2-3-4-6-5-7-9-8-6/h5H,1-4H2,(H,7,8,9). The molecular formula is C6H10N3. The van der Waals surface area contributed by atoms with Crippen LogP contribution in [0.3, 0.4) is 0 Å². The molecule has 0 aromatic carbocycles. The molecule has 1 aromatic heterocycles. The summed E-state index contributed by atoms with van der Waals surface area (Å²) >= 11 is 0. The Morgan fingerprint density at radius 3 is 3.11 bits per heavy atom. The summed E-state index contributed by atoms with van der Waals surface area (Å²) in [4.78, 5) is 0. The monoisotopic (exact) mass is 124 g/mol. The number of aryl methyl sites for hydroxylation is 1. The van der Waals surface area contributed by atoms with E-state index in [0.29, 0.717) is 0 Å². The molecule has 0 amide bonds. The van der Waals surface area contributed by atoms with Gasteiger partial charge in [0.05, 0.1) is 5.69 Å². The summed E-state index contributed by atoms with van der Waals surface area (Å²) in [5.74, 6) is 0. The third-order valence-corrected chi connectivity index (χ3v) is 1.15. The molecule has 0 atom stereocenters. The summed E-state index contributed by atoms with van der Waals surface area (Å²) in [5, 5.41) is 10.1. The zero-order chi connectivity index (χ0) is 6.53. The Labute approximate surface area is 54.5 Å². The lowest BCUT2D eigenvalue weighted by atomic mass is 10.2. The van der Waals surface area contributed by atoms with Gasteiger partial charge in [-0.2, -0.15) is 0 Å². The van der Waals surface area contributed by atoms with Gasteiger partial charge in [-0.25, -0.2) is 0 Å². The summed E-state index contributed by atoms with van der Waals surface area (Å²) in [6.45, 7) is 3.73. The Morgan fingerprint density at radius 1 is 1.67 bits per heavy atom. The van der Waals surface area contributed by atoms with Gasteiger partial charge in [-0.1, -0.05) is 18.6 Å². The minimum atomic E-state index is 0.965. The van der Waals surface area contributed by atoms with Crippen LogP contribution < -0.4 is 0 Å². The molecule has 1 rings (SSSR count). The molecule has 0 aliphatic heterocycles. The molecule has 1 aromatic rings. The van der Waals surface area contributed by atoms with Gasteiger partial charge in [0.1, 0.15) is 0 Å². The number of unbranched alkanes of at least 4 members (excludes halogenated alkanes) is 1. The van der Waals surface area contributed by atoms with Crippen LogP contribution in [-0.4, -0.2) is 15.4 Å². The van der Waals surface area contributed by atoms with E-state index in [2.05, 4.69) is 22.3 Å². The third-order valence-electron chi connectivity index (χ3n) is 1.15. The average Bonchev–Trinajstić information content (AvgIpc) is 2.34. The number of aromatic nitrogens is 3. The molecule has 1 heterocycles.